The molecule has 1 N–H and O–H groups in total. The van der Waals surface area contributed by atoms with E-state index >= 15 is 0 Å². The number of aryl methyl sites for hydroxylation is 1. The summed E-state index contributed by atoms with van der Waals surface area (Å²) in [6, 6.07) is 6.42. The van der Waals surface area contributed by atoms with Crippen molar-refractivity contribution in [3.05, 3.63) is 24.4 Å². The average molecular weight is 293 g/mol. The van der Waals surface area contributed by atoms with Crippen LogP contribution >= 0.6 is 0 Å². The molecule has 1 aromatic carbocycles. The van der Waals surface area contributed by atoms with Gasteiger partial charge in [0.2, 0.25) is 0 Å². The van der Waals surface area contributed by atoms with Gasteiger partial charge in [-0.3, -0.25) is 4.68 Å². The Morgan fingerprint density at radius 3 is 2.80 bits per heavy atom. The molecule has 0 bridgehead atoms. The Hall–Kier alpha value is -1.56. The van der Waals surface area contributed by atoms with Crippen molar-refractivity contribution in [2.45, 2.75) is 32.4 Å². The van der Waals surface area contributed by atoms with Gasteiger partial charge < -0.3 is 5.32 Å². The van der Waals surface area contributed by atoms with Crippen molar-refractivity contribution < 1.29 is 8.42 Å². The van der Waals surface area contributed by atoms with Crippen LogP contribution in [0, 0.1) is 0 Å². The summed E-state index contributed by atoms with van der Waals surface area (Å²) < 4.78 is 24.8. The van der Waals surface area contributed by atoms with Crippen LogP contribution in [0.1, 0.15) is 19.8 Å². The fraction of sp³-hybridized carbons (Fsp3) is 0.500. The lowest BCUT2D eigenvalue weighted by atomic mass is 10.1. The molecule has 1 aliphatic rings. The third kappa shape index (κ3) is 2.65. The predicted octanol–water partition coefficient (Wildman–Crippen LogP) is 2.05. The van der Waals surface area contributed by atoms with Gasteiger partial charge in [0.1, 0.15) is 9.84 Å². The first-order valence-corrected chi connectivity index (χ1v) is 8.82. The van der Waals surface area contributed by atoms with Crippen LogP contribution in [0.25, 0.3) is 10.9 Å². The van der Waals surface area contributed by atoms with E-state index in [1.807, 2.05) is 16.9 Å². The van der Waals surface area contributed by atoms with Crippen LogP contribution in [-0.2, 0) is 16.4 Å². The molecule has 3 rings (SSSR count). The number of anilines is 1. The van der Waals surface area contributed by atoms with Gasteiger partial charge in [-0.1, -0.05) is 0 Å². The Kier molecular flexibility index (Phi) is 3.41. The number of fused-ring (bicyclic) bond motifs is 1. The van der Waals surface area contributed by atoms with Crippen molar-refractivity contribution in [2.24, 2.45) is 0 Å². The van der Waals surface area contributed by atoms with Crippen LogP contribution in [0.5, 0.6) is 0 Å². The second-order valence-electron chi connectivity index (χ2n) is 5.30. The molecule has 108 valence electrons. The van der Waals surface area contributed by atoms with E-state index in [1.165, 1.54) is 0 Å². The molecule has 0 radical (unpaired) electrons. The fourth-order valence-electron chi connectivity index (χ4n) is 2.68. The second kappa shape index (κ2) is 5.09. The molecule has 1 saturated heterocycles. The maximum absolute atomic E-state index is 11.4. The van der Waals surface area contributed by atoms with Gasteiger partial charge in [0.05, 0.1) is 23.2 Å². The van der Waals surface area contributed by atoms with E-state index in [9.17, 15) is 8.42 Å². The molecule has 1 aliphatic heterocycles. The van der Waals surface area contributed by atoms with E-state index in [4.69, 9.17) is 0 Å². The zero-order chi connectivity index (χ0) is 14.2. The molecular weight excluding hydrogens is 274 g/mol. The molecule has 6 heteroatoms. The zero-order valence-corrected chi connectivity index (χ0v) is 12.4. The van der Waals surface area contributed by atoms with Gasteiger partial charge in [0, 0.05) is 23.7 Å². The Morgan fingerprint density at radius 2 is 2.10 bits per heavy atom. The summed E-state index contributed by atoms with van der Waals surface area (Å²) in [5.41, 5.74) is 2.15. The van der Waals surface area contributed by atoms with Crippen LogP contribution in [0.2, 0.25) is 0 Å². The van der Waals surface area contributed by atoms with Crippen LogP contribution in [-0.4, -0.2) is 35.7 Å². The largest absolute Gasteiger partial charge is 0.382 e. The summed E-state index contributed by atoms with van der Waals surface area (Å²) >= 11 is 0. The normalized spacial score (nSPS) is 19.2. The minimum atomic E-state index is -2.80. The number of nitrogens with one attached hydrogen (secondary N) is 1. The minimum absolute atomic E-state index is 0.244. The maximum Gasteiger partial charge on any atom is 0.150 e. The van der Waals surface area contributed by atoms with Crippen molar-refractivity contribution in [1.29, 1.82) is 0 Å². The van der Waals surface area contributed by atoms with Crippen molar-refractivity contribution in [1.82, 2.24) is 9.78 Å². The standard InChI is InChI=1S/C14H19N3O2S/c1-2-17-14-9-13(4-3-11(14)10-15-17)16-12-5-7-20(18,19)8-6-12/h3-4,9-10,12,16H,2,5-8H2,1H3. The summed E-state index contributed by atoms with van der Waals surface area (Å²) in [4.78, 5) is 0. The maximum atomic E-state index is 11.4. The van der Waals surface area contributed by atoms with Crippen LogP contribution in [0.3, 0.4) is 0 Å². The van der Waals surface area contributed by atoms with E-state index in [0.717, 1.165) is 23.1 Å². The lowest BCUT2D eigenvalue weighted by molar-refractivity contribution is 0.559. The molecule has 5 nitrogen and oxygen atoms in total. The molecule has 2 aromatic rings. The summed E-state index contributed by atoms with van der Waals surface area (Å²) in [5, 5.41) is 8.90. The Balaban J connectivity index is 1.77. The number of aromatic nitrogens is 2. The van der Waals surface area contributed by atoms with Crippen molar-refractivity contribution >= 4 is 26.4 Å². The first-order chi connectivity index (χ1) is 9.57. The van der Waals surface area contributed by atoms with Crippen LogP contribution in [0.15, 0.2) is 24.4 Å². The molecule has 2 heterocycles. The smallest absolute Gasteiger partial charge is 0.150 e. The lowest BCUT2D eigenvalue weighted by Gasteiger charge is -2.24. The van der Waals surface area contributed by atoms with E-state index in [1.54, 1.807) is 0 Å². The monoisotopic (exact) mass is 293 g/mol. The SMILES string of the molecule is CCn1ncc2ccc(NC3CCS(=O)(=O)CC3)cc21. The zero-order valence-electron chi connectivity index (χ0n) is 11.5. The molecule has 0 saturated carbocycles. The highest BCUT2D eigenvalue weighted by atomic mass is 32.2. The molecule has 0 spiro atoms. The van der Waals surface area contributed by atoms with E-state index in [-0.39, 0.29) is 6.04 Å². The highest BCUT2D eigenvalue weighted by Gasteiger charge is 2.23. The van der Waals surface area contributed by atoms with Crippen molar-refractivity contribution in [3.63, 3.8) is 0 Å². The lowest BCUT2D eigenvalue weighted by Crippen LogP contribution is -2.32. The molecular formula is C14H19N3O2S. The highest BCUT2D eigenvalue weighted by Crippen LogP contribution is 2.22. The quantitative estimate of drug-likeness (QED) is 0.940. The number of benzene rings is 1. The Morgan fingerprint density at radius 1 is 1.35 bits per heavy atom. The molecule has 1 fully saturated rings. The van der Waals surface area contributed by atoms with Gasteiger partial charge in [-0.25, -0.2) is 8.42 Å². The number of hydrogen-bond donors (Lipinski definition) is 1. The fourth-order valence-corrected chi connectivity index (χ4v) is 4.17. The summed E-state index contributed by atoms with van der Waals surface area (Å²) in [6.07, 6.45) is 3.25. The molecule has 0 amide bonds. The highest BCUT2D eigenvalue weighted by molar-refractivity contribution is 7.91. The number of hydrogen-bond acceptors (Lipinski definition) is 4. The van der Waals surface area contributed by atoms with Gasteiger partial charge in [0.15, 0.2) is 0 Å². The van der Waals surface area contributed by atoms with E-state index in [0.29, 0.717) is 24.3 Å². The van der Waals surface area contributed by atoms with Gasteiger partial charge in [0.25, 0.3) is 0 Å². The first-order valence-electron chi connectivity index (χ1n) is 7.00. The van der Waals surface area contributed by atoms with Crippen LogP contribution < -0.4 is 5.32 Å². The Bertz CT molecular complexity index is 707. The third-order valence-corrected chi connectivity index (χ3v) is 5.59. The van der Waals surface area contributed by atoms with Crippen LogP contribution in [0.4, 0.5) is 5.69 Å². The second-order valence-corrected chi connectivity index (χ2v) is 7.61. The van der Waals surface area contributed by atoms with E-state index < -0.39 is 9.84 Å². The van der Waals surface area contributed by atoms with Crippen molar-refractivity contribution in [3.8, 4) is 0 Å². The molecule has 0 unspecified atom stereocenters. The summed E-state index contributed by atoms with van der Waals surface area (Å²) in [7, 11) is -2.80. The predicted molar refractivity (Wildman–Crippen MR) is 80.7 cm³/mol. The number of nitrogens with zero attached hydrogens (tertiary/aromatic N) is 2. The molecule has 0 aliphatic carbocycles. The van der Waals surface area contributed by atoms with Gasteiger partial charge in [-0.05, 0) is 38.0 Å². The Labute approximate surface area is 118 Å². The van der Waals surface area contributed by atoms with E-state index in [2.05, 4.69) is 29.5 Å². The first kappa shape index (κ1) is 13.4. The summed E-state index contributed by atoms with van der Waals surface area (Å²) in [6.45, 7) is 2.91. The van der Waals surface area contributed by atoms with Gasteiger partial charge >= 0.3 is 0 Å². The molecule has 20 heavy (non-hydrogen) atoms. The number of sulfone groups is 1. The minimum Gasteiger partial charge on any atom is -0.382 e. The van der Waals surface area contributed by atoms with Gasteiger partial charge in [-0.15, -0.1) is 0 Å². The molecule has 0 atom stereocenters. The third-order valence-electron chi connectivity index (χ3n) is 3.87. The average Bonchev–Trinajstić information content (AvgIpc) is 2.83. The van der Waals surface area contributed by atoms with Crippen molar-refractivity contribution in [2.75, 3.05) is 16.8 Å². The topological polar surface area (TPSA) is 64.0 Å². The number of rotatable bonds is 3. The van der Waals surface area contributed by atoms with Gasteiger partial charge in [-0.2, -0.15) is 5.10 Å². The molecule has 1 aromatic heterocycles. The summed E-state index contributed by atoms with van der Waals surface area (Å²) in [5.74, 6) is 0.583.